The molecule has 1 saturated heterocycles. The standard InChI is InChI=1S/C12H17FN2/c1-9-5-6-15(7-9)8-10-3-2-4-11(13)12(10)14/h2-4,9H,5-8,14H2,1H3. The fourth-order valence-electron chi connectivity index (χ4n) is 2.13. The second-order valence-electron chi connectivity index (χ2n) is 4.44. The smallest absolute Gasteiger partial charge is 0.146 e. The predicted molar refractivity (Wildman–Crippen MR) is 59.9 cm³/mol. The Morgan fingerprint density at radius 3 is 3.00 bits per heavy atom. The molecule has 1 atom stereocenters. The molecule has 2 nitrogen and oxygen atoms in total. The molecule has 1 aliphatic rings. The van der Waals surface area contributed by atoms with Crippen LogP contribution in [0.4, 0.5) is 10.1 Å². The fraction of sp³-hybridized carbons (Fsp3) is 0.500. The highest BCUT2D eigenvalue weighted by Gasteiger charge is 2.19. The maximum atomic E-state index is 13.2. The molecule has 0 spiro atoms. The third kappa shape index (κ3) is 2.29. The van der Waals surface area contributed by atoms with Crippen LogP contribution in [0.15, 0.2) is 18.2 Å². The van der Waals surface area contributed by atoms with Crippen LogP contribution >= 0.6 is 0 Å². The van der Waals surface area contributed by atoms with Gasteiger partial charge in [0.2, 0.25) is 0 Å². The topological polar surface area (TPSA) is 29.3 Å². The lowest BCUT2D eigenvalue weighted by atomic mass is 10.1. The summed E-state index contributed by atoms with van der Waals surface area (Å²) in [6, 6.07) is 5.04. The molecule has 0 bridgehead atoms. The van der Waals surface area contributed by atoms with Crippen LogP contribution in [-0.2, 0) is 6.54 Å². The number of nitrogen functional groups attached to an aromatic ring is 1. The monoisotopic (exact) mass is 208 g/mol. The molecular weight excluding hydrogens is 191 g/mol. The quantitative estimate of drug-likeness (QED) is 0.755. The number of hydrogen-bond donors (Lipinski definition) is 1. The fourth-order valence-corrected chi connectivity index (χ4v) is 2.13. The summed E-state index contributed by atoms with van der Waals surface area (Å²) in [5.74, 6) is 0.444. The van der Waals surface area contributed by atoms with Crippen LogP contribution in [0.2, 0.25) is 0 Å². The van der Waals surface area contributed by atoms with E-state index in [0.29, 0.717) is 5.69 Å². The summed E-state index contributed by atoms with van der Waals surface area (Å²) in [5, 5.41) is 0. The van der Waals surface area contributed by atoms with Gasteiger partial charge in [-0.15, -0.1) is 0 Å². The van der Waals surface area contributed by atoms with Crippen molar-refractivity contribution in [3.8, 4) is 0 Å². The lowest BCUT2D eigenvalue weighted by molar-refractivity contribution is 0.320. The normalized spacial score (nSPS) is 22.1. The van der Waals surface area contributed by atoms with E-state index < -0.39 is 0 Å². The van der Waals surface area contributed by atoms with E-state index in [1.807, 2.05) is 6.07 Å². The molecule has 1 aliphatic heterocycles. The van der Waals surface area contributed by atoms with Crippen molar-refractivity contribution in [3.63, 3.8) is 0 Å². The largest absolute Gasteiger partial charge is 0.396 e. The average molecular weight is 208 g/mol. The number of halogens is 1. The Hall–Kier alpha value is -1.09. The Morgan fingerprint density at radius 1 is 1.53 bits per heavy atom. The van der Waals surface area contributed by atoms with Gasteiger partial charge in [0.15, 0.2) is 0 Å². The first-order chi connectivity index (χ1) is 7.16. The molecule has 82 valence electrons. The van der Waals surface area contributed by atoms with Crippen molar-refractivity contribution in [3.05, 3.63) is 29.6 Å². The Labute approximate surface area is 89.9 Å². The number of anilines is 1. The highest BCUT2D eigenvalue weighted by molar-refractivity contribution is 5.47. The van der Waals surface area contributed by atoms with Gasteiger partial charge in [-0.05, 0) is 30.5 Å². The van der Waals surface area contributed by atoms with Gasteiger partial charge in [0.05, 0.1) is 5.69 Å². The number of hydrogen-bond acceptors (Lipinski definition) is 2. The van der Waals surface area contributed by atoms with E-state index in [2.05, 4.69) is 11.8 Å². The predicted octanol–water partition coefficient (Wildman–Crippen LogP) is 2.25. The van der Waals surface area contributed by atoms with Crippen LogP contribution in [0.25, 0.3) is 0 Å². The number of nitrogens with zero attached hydrogens (tertiary/aromatic N) is 1. The summed E-state index contributed by atoms with van der Waals surface area (Å²) in [4.78, 5) is 2.33. The van der Waals surface area contributed by atoms with Crippen LogP contribution in [-0.4, -0.2) is 18.0 Å². The third-order valence-corrected chi connectivity index (χ3v) is 3.05. The van der Waals surface area contributed by atoms with Crippen LogP contribution < -0.4 is 5.73 Å². The van der Waals surface area contributed by atoms with Crippen molar-refractivity contribution in [2.24, 2.45) is 5.92 Å². The molecule has 3 heteroatoms. The van der Waals surface area contributed by atoms with Gasteiger partial charge >= 0.3 is 0 Å². The highest BCUT2D eigenvalue weighted by Crippen LogP contribution is 2.22. The molecular formula is C12H17FN2. The van der Waals surface area contributed by atoms with Crippen molar-refractivity contribution in [1.82, 2.24) is 4.90 Å². The molecule has 15 heavy (non-hydrogen) atoms. The second-order valence-corrected chi connectivity index (χ2v) is 4.44. The molecule has 0 aliphatic carbocycles. The van der Waals surface area contributed by atoms with Crippen molar-refractivity contribution >= 4 is 5.69 Å². The first kappa shape index (κ1) is 10.4. The number of rotatable bonds is 2. The molecule has 1 aromatic rings. The van der Waals surface area contributed by atoms with Crippen LogP contribution in [0.3, 0.4) is 0 Å². The van der Waals surface area contributed by atoms with Gasteiger partial charge in [0.25, 0.3) is 0 Å². The average Bonchev–Trinajstić information content (AvgIpc) is 2.59. The minimum absolute atomic E-state index is 0.303. The SMILES string of the molecule is CC1CCN(Cc2cccc(F)c2N)C1. The van der Waals surface area contributed by atoms with Crippen molar-refractivity contribution < 1.29 is 4.39 Å². The van der Waals surface area contributed by atoms with Crippen molar-refractivity contribution in [1.29, 1.82) is 0 Å². The highest BCUT2D eigenvalue weighted by atomic mass is 19.1. The van der Waals surface area contributed by atoms with E-state index in [4.69, 9.17) is 5.73 Å². The van der Waals surface area contributed by atoms with E-state index >= 15 is 0 Å². The van der Waals surface area contributed by atoms with Crippen LogP contribution in [0, 0.1) is 11.7 Å². The van der Waals surface area contributed by atoms with E-state index in [0.717, 1.165) is 31.1 Å². The summed E-state index contributed by atoms with van der Waals surface area (Å²) < 4.78 is 13.2. The molecule has 1 unspecified atom stereocenters. The number of nitrogens with two attached hydrogens (primary N) is 1. The third-order valence-electron chi connectivity index (χ3n) is 3.05. The summed E-state index contributed by atoms with van der Waals surface area (Å²) in [7, 11) is 0. The van der Waals surface area contributed by atoms with Gasteiger partial charge in [-0.3, -0.25) is 4.90 Å². The number of para-hydroxylation sites is 1. The van der Waals surface area contributed by atoms with E-state index in [-0.39, 0.29) is 5.82 Å². The zero-order chi connectivity index (χ0) is 10.8. The van der Waals surface area contributed by atoms with Gasteiger partial charge in [0.1, 0.15) is 5.82 Å². The maximum absolute atomic E-state index is 13.2. The van der Waals surface area contributed by atoms with Gasteiger partial charge in [-0.25, -0.2) is 4.39 Å². The summed E-state index contributed by atoms with van der Waals surface area (Å²) in [6.07, 6.45) is 1.23. The second kappa shape index (κ2) is 4.19. The summed E-state index contributed by atoms with van der Waals surface area (Å²) in [6.45, 7) is 5.20. The molecule has 1 heterocycles. The van der Waals surface area contributed by atoms with Gasteiger partial charge in [-0.2, -0.15) is 0 Å². The summed E-state index contributed by atoms with van der Waals surface area (Å²) >= 11 is 0. The Kier molecular flexibility index (Phi) is 2.91. The van der Waals surface area contributed by atoms with E-state index in [9.17, 15) is 4.39 Å². The first-order valence-electron chi connectivity index (χ1n) is 5.42. The van der Waals surface area contributed by atoms with Gasteiger partial charge in [0, 0.05) is 13.1 Å². The first-order valence-corrected chi connectivity index (χ1v) is 5.42. The Balaban J connectivity index is 2.07. The lowest BCUT2D eigenvalue weighted by Gasteiger charge is -2.16. The molecule has 0 amide bonds. The molecule has 0 radical (unpaired) electrons. The molecule has 2 N–H and O–H groups in total. The molecule has 1 aromatic carbocycles. The van der Waals surface area contributed by atoms with Crippen LogP contribution in [0.1, 0.15) is 18.9 Å². The molecule has 1 fully saturated rings. The van der Waals surface area contributed by atoms with Gasteiger partial charge < -0.3 is 5.73 Å². The maximum Gasteiger partial charge on any atom is 0.146 e. The number of benzene rings is 1. The molecule has 2 rings (SSSR count). The Bertz CT molecular complexity index is 351. The van der Waals surface area contributed by atoms with E-state index in [1.165, 1.54) is 12.5 Å². The number of likely N-dealkylation sites (tertiary alicyclic amines) is 1. The minimum Gasteiger partial charge on any atom is -0.396 e. The van der Waals surface area contributed by atoms with E-state index in [1.54, 1.807) is 6.07 Å². The van der Waals surface area contributed by atoms with Gasteiger partial charge in [-0.1, -0.05) is 19.1 Å². The van der Waals surface area contributed by atoms with Crippen molar-refractivity contribution in [2.75, 3.05) is 18.8 Å². The van der Waals surface area contributed by atoms with Crippen molar-refractivity contribution in [2.45, 2.75) is 19.9 Å². The minimum atomic E-state index is -0.306. The lowest BCUT2D eigenvalue weighted by Crippen LogP contribution is -2.20. The molecule has 0 saturated carbocycles. The zero-order valence-electron chi connectivity index (χ0n) is 9.04. The Morgan fingerprint density at radius 2 is 2.33 bits per heavy atom. The molecule has 0 aromatic heterocycles. The van der Waals surface area contributed by atoms with Crippen LogP contribution in [0.5, 0.6) is 0 Å². The zero-order valence-corrected chi connectivity index (χ0v) is 9.04. The summed E-state index contributed by atoms with van der Waals surface area (Å²) in [5.41, 5.74) is 6.90.